The summed E-state index contributed by atoms with van der Waals surface area (Å²) in [6.07, 6.45) is 3.66. The van der Waals surface area contributed by atoms with Gasteiger partial charge in [-0.2, -0.15) is 0 Å². The third-order valence-electron chi connectivity index (χ3n) is 6.22. The van der Waals surface area contributed by atoms with Gasteiger partial charge >= 0.3 is 0 Å². The molecule has 187 valence electrons. The Bertz CT molecular complexity index is 1830. The summed E-state index contributed by atoms with van der Waals surface area (Å²) in [5.41, 5.74) is 8.59. The van der Waals surface area contributed by atoms with Crippen molar-refractivity contribution in [2.24, 2.45) is 0 Å². The van der Waals surface area contributed by atoms with Gasteiger partial charge in [0.1, 0.15) is 5.58 Å². The fraction of sp³-hybridized carbons (Fsp3) is 0.0606. The fourth-order valence-electron chi connectivity index (χ4n) is 4.39. The summed E-state index contributed by atoms with van der Waals surface area (Å²) in [7, 11) is 0. The van der Waals surface area contributed by atoms with Crippen molar-refractivity contribution in [3.63, 3.8) is 0 Å². The van der Waals surface area contributed by atoms with Gasteiger partial charge in [0.25, 0.3) is 0 Å². The van der Waals surface area contributed by atoms with Crippen LogP contribution in [0, 0.1) is 26.0 Å². The zero-order valence-corrected chi connectivity index (χ0v) is 23.3. The summed E-state index contributed by atoms with van der Waals surface area (Å²) in [5.74, 6) is 0. The van der Waals surface area contributed by atoms with Gasteiger partial charge in [-0.05, 0) is 61.1 Å². The summed E-state index contributed by atoms with van der Waals surface area (Å²) in [4.78, 5) is 13.4. The molecule has 0 atom stereocenters. The minimum atomic E-state index is 0. The number of fused-ring (bicyclic) bond motifs is 5. The second kappa shape index (κ2) is 11.1. The van der Waals surface area contributed by atoms with Crippen LogP contribution in [0.4, 0.5) is 0 Å². The molecule has 0 spiro atoms. The Kier molecular flexibility index (Phi) is 7.41. The van der Waals surface area contributed by atoms with Crippen LogP contribution in [0.5, 0.6) is 0 Å². The van der Waals surface area contributed by atoms with Gasteiger partial charge in [0.15, 0.2) is 0 Å². The largest absolute Gasteiger partial charge is 0.500 e. The average Bonchev–Trinajstić information content (AvgIpc) is 3.34. The van der Waals surface area contributed by atoms with E-state index in [1.807, 2.05) is 86.8 Å². The monoisotopic (exact) mass is 670 g/mol. The maximum absolute atomic E-state index is 6.28. The topological polar surface area (TPSA) is 51.8 Å². The Labute approximate surface area is 234 Å². The molecule has 0 aliphatic rings. The minimum absolute atomic E-state index is 0. The van der Waals surface area contributed by atoms with E-state index < -0.39 is 0 Å². The van der Waals surface area contributed by atoms with Crippen LogP contribution in [0.15, 0.2) is 108 Å². The van der Waals surface area contributed by atoms with Crippen LogP contribution < -0.4 is 0 Å². The molecule has 1 radical (unpaired) electrons. The molecule has 0 bridgehead atoms. The molecule has 0 N–H and O–H groups in total. The molecule has 4 heterocycles. The van der Waals surface area contributed by atoms with Crippen molar-refractivity contribution in [3.05, 3.63) is 127 Å². The van der Waals surface area contributed by atoms with E-state index in [1.165, 1.54) is 5.56 Å². The average molecular weight is 670 g/mol. The first-order chi connectivity index (χ1) is 18.2. The van der Waals surface area contributed by atoms with Gasteiger partial charge in [-0.3, -0.25) is 4.98 Å². The minimum Gasteiger partial charge on any atom is -0.500 e. The molecular weight excluding hydrogens is 647 g/mol. The van der Waals surface area contributed by atoms with Crippen molar-refractivity contribution in [2.45, 2.75) is 13.8 Å². The fourth-order valence-corrected chi connectivity index (χ4v) is 4.39. The number of furan rings is 1. The van der Waals surface area contributed by atoms with E-state index >= 15 is 0 Å². The number of aryl methyl sites for hydroxylation is 2. The van der Waals surface area contributed by atoms with Crippen molar-refractivity contribution in [2.75, 3.05) is 0 Å². The zero-order chi connectivity index (χ0) is 25.2. The summed E-state index contributed by atoms with van der Waals surface area (Å²) >= 11 is 0. The van der Waals surface area contributed by atoms with Gasteiger partial charge < -0.3 is 14.4 Å². The molecule has 38 heavy (non-hydrogen) atoms. The summed E-state index contributed by atoms with van der Waals surface area (Å²) in [6, 6.07) is 36.4. The van der Waals surface area contributed by atoms with Crippen LogP contribution in [0.2, 0.25) is 0 Å². The Balaban J connectivity index is 0.000000179. The smallest absolute Gasteiger partial charge is 0.130 e. The number of rotatable bonds is 2. The van der Waals surface area contributed by atoms with Crippen LogP contribution in [0.1, 0.15) is 11.3 Å². The molecule has 5 heteroatoms. The number of pyridine rings is 3. The third kappa shape index (κ3) is 4.99. The second-order valence-corrected chi connectivity index (χ2v) is 8.87. The van der Waals surface area contributed by atoms with Gasteiger partial charge in [0.05, 0.1) is 11.1 Å². The maximum Gasteiger partial charge on any atom is 0.130 e. The summed E-state index contributed by atoms with van der Waals surface area (Å²) in [6.45, 7) is 4.03. The van der Waals surface area contributed by atoms with Gasteiger partial charge in [-0.15, -0.1) is 54.1 Å². The predicted molar refractivity (Wildman–Crippen MR) is 149 cm³/mol. The number of benzene rings is 3. The molecular formula is C33H23IrN3O-2. The second-order valence-electron chi connectivity index (χ2n) is 8.87. The molecule has 3 aromatic carbocycles. The van der Waals surface area contributed by atoms with Crippen molar-refractivity contribution < 1.29 is 24.5 Å². The van der Waals surface area contributed by atoms with Gasteiger partial charge in [0, 0.05) is 49.0 Å². The first-order valence-electron chi connectivity index (χ1n) is 12.1. The molecule has 0 aliphatic carbocycles. The molecule has 0 amide bonds. The van der Waals surface area contributed by atoms with Crippen LogP contribution >= 0.6 is 0 Å². The molecule has 4 nitrogen and oxygen atoms in total. The number of nitrogens with zero attached hydrogens (tertiary/aromatic N) is 3. The Hall–Kier alpha value is -4.18. The van der Waals surface area contributed by atoms with Gasteiger partial charge in [-0.1, -0.05) is 35.2 Å². The van der Waals surface area contributed by atoms with Crippen molar-refractivity contribution >= 4 is 32.8 Å². The zero-order valence-electron chi connectivity index (χ0n) is 20.9. The summed E-state index contributed by atoms with van der Waals surface area (Å²) in [5, 5.41) is 3.20. The van der Waals surface area contributed by atoms with E-state index in [9.17, 15) is 0 Å². The van der Waals surface area contributed by atoms with Crippen LogP contribution in [-0.4, -0.2) is 15.0 Å². The Morgan fingerprint density at radius 3 is 2.26 bits per heavy atom. The van der Waals surface area contributed by atoms with E-state index in [0.29, 0.717) is 0 Å². The molecule has 0 unspecified atom stereocenters. The number of hydrogen-bond acceptors (Lipinski definition) is 4. The van der Waals surface area contributed by atoms with E-state index in [4.69, 9.17) is 4.42 Å². The molecule has 4 aromatic heterocycles. The Morgan fingerprint density at radius 2 is 1.50 bits per heavy atom. The van der Waals surface area contributed by atoms with Crippen LogP contribution in [0.25, 0.3) is 55.4 Å². The molecule has 0 saturated carbocycles. The molecule has 0 saturated heterocycles. The first kappa shape index (κ1) is 25.5. The van der Waals surface area contributed by atoms with Crippen LogP contribution in [-0.2, 0) is 20.1 Å². The maximum atomic E-state index is 6.28. The van der Waals surface area contributed by atoms with E-state index in [1.54, 1.807) is 6.20 Å². The van der Waals surface area contributed by atoms with Gasteiger partial charge in [0.2, 0.25) is 0 Å². The molecule has 0 fully saturated rings. The quantitative estimate of drug-likeness (QED) is 0.174. The van der Waals surface area contributed by atoms with Crippen LogP contribution in [0.3, 0.4) is 0 Å². The standard InChI is InChI=1S/C21H13N2O.C12H10N.Ir/c1-13-8-9-17-19(23-13)11-10-15-14-5-4-6-16(20(14)24-21(15)17)18-7-2-3-12-22-18;1-10-7-8-12(13-9-10)11-5-3-2-4-6-11;/h2-5,7-12H,1H3;2-5,7-9H,1H3;/q2*-1;. The van der Waals surface area contributed by atoms with E-state index in [0.717, 1.165) is 61.1 Å². The summed E-state index contributed by atoms with van der Waals surface area (Å²) < 4.78 is 6.28. The SMILES string of the molecule is Cc1ccc(-c2[c-]cccc2)nc1.Cc1ccc2c(ccc3c4cc[c-]c(-c5ccccn5)c4oc23)n1.[Ir]. The predicted octanol–water partition coefficient (Wildman–Crippen LogP) is 8.16. The van der Waals surface area contributed by atoms with Crippen molar-refractivity contribution in [1.29, 1.82) is 0 Å². The first-order valence-corrected chi connectivity index (χ1v) is 12.1. The van der Waals surface area contributed by atoms with E-state index in [2.05, 4.69) is 51.4 Å². The number of hydrogen-bond donors (Lipinski definition) is 0. The molecule has 7 rings (SSSR count). The van der Waals surface area contributed by atoms with E-state index in [-0.39, 0.29) is 20.1 Å². The van der Waals surface area contributed by atoms with Crippen molar-refractivity contribution in [3.8, 4) is 22.5 Å². The van der Waals surface area contributed by atoms with Gasteiger partial charge in [-0.25, -0.2) is 0 Å². The normalized spacial score (nSPS) is 10.7. The third-order valence-corrected chi connectivity index (χ3v) is 6.22. The Morgan fingerprint density at radius 1 is 0.658 bits per heavy atom. The molecule has 7 aromatic rings. The number of aromatic nitrogens is 3. The molecule has 0 aliphatic heterocycles. The van der Waals surface area contributed by atoms with Crippen molar-refractivity contribution in [1.82, 2.24) is 15.0 Å².